The van der Waals surface area contributed by atoms with Gasteiger partial charge in [-0.15, -0.1) is 11.3 Å². The van der Waals surface area contributed by atoms with Crippen LogP contribution < -0.4 is 5.73 Å². The summed E-state index contributed by atoms with van der Waals surface area (Å²) >= 11 is 1.71. The third-order valence-corrected chi connectivity index (χ3v) is 3.11. The first-order valence-corrected chi connectivity index (χ1v) is 5.56. The van der Waals surface area contributed by atoms with E-state index >= 15 is 0 Å². The predicted octanol–water partition coefficient (Wildman–Crippen LogP) is 2.79. The Kier molecular flexibility index (Phi) is 2.83. The van der Waals surface area contributed by atoms with E-state index in [0.717, 1.165) is 5.56 Å². The van der Waals surface area contributed by atoms with Crippen molar-refractivity contribution < 1.29 is 4.79 Å². The molecule has 3 heteroatoms. The summed E-state index contributed by atoms with van der Waals surface area (Å²) < 4.78 is 1.26. The smallest absolute Gasteiger partial charge is 0.221 e. The summed E-state index contributed by atoms with van der Waals surface area (Å²) in [4.78, 5) is 10.6. The Balaban J connectivity index is 2.28. The molecular weight excluding hydrogens is 206 g/mol. The zero-order chi connectivity index (χ0) is 10.7. The van der Waals surface area contributed by atoms with Crippen LogP contribution in [-0.2, 0) is 4.79 Å². The molecule has 0 saturated heterocycles. The molecule has 2 nitrogen and oxygen atoms in total. The normalized spacial score (nSPS) is 11.2. The number of hydrogen-bond acceptors (Lipinski definition) is 2. The fraction of sp³-hybridized carbons (Fsp3) is 0.0833. The number of nitrogens with two attached hydrogens (primary N) is 1. The van der Waals surface area contributed by atoms with Crippen LogP contribution in [0.4, 0.5) is 0 Å². The first-order chi connectivity index (χ1) is 7.27. The van der Waals surface area contributed by atoms with Crippen molar-refractivity contribution in [3.05, 3.63) is 41.3 Å². The number of amides is 1. The first-order valence-electron chi connectivity index (χ1n) is 4.68. The maximum atomic E-state index is 10.6. The molecule has 1 heterocycles. The van der Waals surface area contributed by atoms with Crippen molar-refractivity contribution in [2.45, 2.75) is 6.42 Å². The van der Waals surface area contributed by atoms with Gasteiger partial charge in [0, 0.05) is 11.1 Å². The molecule has 2 N–H and O–H groups in total. The van der Waals surface area contributed by atoms with Gasteiger partial charge in [-0.25, -0.2) is 0 Å². The molecule has 0 radical (unpaired) electrons. The fourth-order valence-corrected chi connectivity index (χ4v) is 2.36. The van der Waals surface area contributed by atoms with E-state index < -0.39 is 0 Å². The van der Waals surface area contributed by atoms with Gasteiger partial charge in [-0.2, -0.15) is 0 Å². The van der Waals surface area contributed by atoms with E-state index in [-0.39, 0.29) is 5.91 Å². The lowest BCUT2D eigenvalue weighted by atomic mass is 10.1. The van der Waals surface area contributed by atoms with Crippen molar-refractivity contribution >= 4 is 33.4 Å². The van der Waals surface area contributed by atoms with E-state index in [1.54, 1.807) is 17.4 Å². The molecule has 0 saturated carbocycles. The van der Waals surface area contributed by atoms with Crippen LogP contribution in [0.3, 0.4) is 0 Å². The topological polar surface area (TPSA) is 43.1 Å². The minimum atomic E-state index is -0.300. The van der Waals surface area contributed by atoms with Gasteiger partial charge in [-0.05, 0) is 22.4 Å². The predicted molar refractivity (Wildman–Crippen MR) is 64.7 cm³/mol. The largest absolute Gasteiger partial charge is 0.369 e. The molecule has 0 bridgehead atoms. The number of hydrogen-bond donors (Lipinski definition) is 1. The molecular formula is C12H11NOS. The number of thiophene rings is 1. The lowest BCUT2D eigenvalue weighted by Gasteiger charge is -1.90. The highest BCUT2D eigenvalue weighted by molar-refractivity contribution is 7.17. The van der Waals surface area contributed by atoms with Crippen LogP contribution in [-0.4, -0.2) is 5.91 Å². The number of primary amides is 1. The van der Waals surface area contributed by atoms with Crippen LogP contribution in [0.25, 0.3) is 16.2 Å². The van der Waals surface area contributed by atoms with Gasteiger partial charge in [-0.1, -0.05) is 30.4 Å². The van der Waals surface area contributed by atoms with E-state index in [9.17, 15) is 4.79 Å². The van der Waals surface area contributed by atoms with Crippen LogP contribution in [0.1, 0.15) is 12.0 Å². The second-order valence-corrected chi connectivity index (χ2v) is 4.17. The number of carbonyl (C=O) groups excluding carboxylic acids is 1. The second kappa shape index (κ2) is 4.28. The van der Waals surface area contributed by atoms with Crippen LogP contribution >= 0.6 is 11.3 Å². The quantitative estimate of drug-likeness (QED) is 0.844. The van der Waals surface area contributed by atoms with Gasteiger partial charge in [-0.3, -0.25) is 4.79 Å². The summed E-state index contributed by atoms with van der Waals surface area (Å²) in [7, 11) is 0. The molecule has 15 heavy (non-hydrogen) atoms. The third-order valence-electron chi connectivity index (χ3n) is 2.13. The summed E-state index contributed by atoms with van der Waals surface area (Å²) in [5.41, 5.74) is 6.21. The highest BCUT2D eigenvalue weighted by Crippen LogP contribution is 2.26. The molecule has 1 aromatic carbocycles. The lowest BCUT2D eigenvalue weighted by Crippen LogP contribution is -2.07. The Hall–Kier alpha value is -1.61. The van der Waals surface area contributed by atoms with E-state index in [1.165, 1.54) is 10.1 Å². The van der Waals surface area contributed by atoms with E-state index in [4.69, 9.17) is 5.73 Å². The average molecular weight is 217 g/mol. The molecule has 2 aromatic rings. The Bertz CT molecular complexity index is 513. The minimum Gasteiger partial charge on any atom is -0.369 e. The highest BCUT2D eigenvalue weighted by Gasteiger charge is 1.99. The van der Waals surface area contributed by atoms with Crippen LogP contribution in [0.15, 0.2) is 35.7 Å². The zero-order valence-corrected chi connectivity index (χ0v) is 8.96. The molecule has 0 aliphatic heterocycles. The van der Waals surface area contributed by atoms with E-state index in [1.807, 2.05) is 18.2 Å². The lowest BCUT2D eigenvalue weighted by molar-refractivity contribution is -0.117. The molecule has 76 valence electrons. The molecule has 0 aliphatic carbocycles. The van der Waals surface area contributed by atoms with Crippen molar-refractivity contribution in [3.63, 3.8) is 0 Å². The monoisotopic (exact) mass is 217 g/mol. The van der Waals surface area contributed by atoms with E-state index in [2.05, 4.69) is 17.5 Å². The van der Waals surface area contributed by atoms with Crippen LogP contribution in [0, 0.1) is 0 Å². The van der Waals surface area contributed by atoms with Crippen molar-refractivity contribution in [3.8, 4) is 0 Å². The average Bonchev–Trinajstić information content (AvgIpc) is 2.62. The number of rotatable bonds is 3. The number of fused-ring (bicyclic) bond motifs is 1. The van der Waals surface area contributed by atoms with Crippen molar-refractivity contribution in [2.75, 3.05) is 0 Å². The standard InChI is InChI=1S/C12H11NOS/c13-12(14)7-3-4-9-8-15-11-6-2-1-5-10(9)11/h1-6,8H,7H2,(H2,13,14). The summed E-state index contributed by atoms with van der Waals surface area (Å²) in [5.74, 6) is -0.300. The van der Waals surface area contributed by atoms with Gasteiger partial charge in [0.05, 0.1) is 0 Å². The molecule has 1 amide bonds. The summed E-state index contributed by atoms with van der Waals surface area (Å²) in [5, 5.41) is 3.31. The van der Waals surface area contributed by atoms with Gasteiger partial charge in [0.25, 0.3) is 0 Å². The molecule has 2 rings (SSSR count). The van der Waals surface area contributed by atoms with Gasteiger partial charge in [0.15, 0.2) is 0 Å². The van der Waals surface area contributed by atoms with Crippen molar-refractivity contribution in [2.24, 2.45) is 5.73 Å². The van der Waals surface area contributed by atoms with Gasteiger partial charge < -0.3 is 5.73 Å². The SMILES string of the molecule is NC(=O)CC=Cc1csc2ccccc12. The summed E-state index contributed by atoms with van der Waals surface area (Å²) in [6.07, 6.45) is 4.05. The second-order valence-electron chi connectivity index (χ2n) is 3.26. The van der Waals surface area contributed by atoms with Crippen LogP contribution in [0.2, 0.25) is 0 Å². The fourth-order valence-electron chi connectivity index (χ4n) is 1.43. The molecule has 0 aliphatic rings. The molecule has 0 unspecified atom stereocenters. The molecule has 0 spiro atoms. The maximum Gasteiger partial charge on any atom is 0.221 e. The van der Waals surface area contributed by atoms with Gasteiger partial charge in [0.2, 0.25) is 5.91 Å². The Morgan fingerprint density at radius 1 is 1.40 bits per heavy atom. The maximum absolute atomic E-state index is 10.6. The summed E-state index contributed by atoms with van der Waals surface area (Å²) in [6, 6.07) is 8.21. The Labute approximate surface area is 92.0 Å². The number of benzene rings is 1. The summed E-state index contributed by atoms with van der Waals surface area (Å²) in [6.45, 7) is 0. The minimum absolute atomic E-state index is 0.296. The number of carbonyl (C=O) groups is 1. The molecule has 0 atom stereocenters. The van der Waals surface area contributed by atoms with Crippen molar-refractivity contribution in [1.29, 1.82) is 0 Å². The van der Waals surface area contributed by atoms with Crippen LogP contribution in [0.5, 0.6) is 0 Å². The van der Waals surface area contributed by atoms with Gasteiger partial charge >= 0.3 is 0 Å². The Morgan fingerprint density at radius 3 is 3.00 bits per heavy atom. The highest BCUT2D eigenvalue weighted by atomic mass is 32.1. The third kappa shape index (κ3) is 2.25. The van der Waals surface area contributed by atoms with Crippen molar-refractivity contribution in [1.82, 2.24) is 0 Å². The zero-order valence-electron chi connectivity index (χ0n) is 8.14. The first kappa shape index (κ1) is 9.93. The molecule has 0 fully saturated rings. The molecule has 1 aromatic heterocycles. The van der Waals surface area contributed by atoms with Gasteiger partial charge in [0.1, 0.15) is 0 Å². The van der Waals surface area contributed by atoms with E-state index in [0.29, 0.717) is 6.42 Å². The Morgan fingerprint density at radius 2 is 2.20 bits per heavy atom.